The lowest BCUT2D eigenvalue weighted by Crippen LogP contribution is -2.32. The fourth-order valence-corrected chi connectivity index (χ4v) is 2.49. The second-order valence-corrected chi connectivity index (χ2v) is 5.86. The topological polar surface area (TPSA) is 35.2 Å². The van der Waals surface area contributed by atoms with E-state index in [1.54, 1.807) is 12.1 Å². The molecule has 2 unspecified atom stereocenters. The van der Waals surface area contributed by atoms with Crippen molar-refractivity contribution in [3.05, 3.63) is 63.6 Å². The van der Waals surface area contributed by atoms with Crippen molar-refractivity contribution < 1.29 is 4.74 Å². The maximum absolute atomic E-state index is 6.25. The van der Waals surface area contributed by atoms with Crippen molar-refractivity contribution in [2.75, 3.05) is 0 Å². The summed E-state index contributed by atoms with van der Waals surface area (Å²) in [5, 5.41) is 0.985. The lowest BCUT2D eigenvalue weighted by molar-refractivity contribution is 0.170. The van der Waals surface area contributed by atoms with Crippen LogP contribution >= 0.6 is 23.2 Å². The van der Waals surface area contributed by atoms with E-state index in [0.717, 1.165) is 17.5 Å². The molecule has 2 aromatic carbocycles. The maximum Gasteiger partial charge on any atom is 0.139 e. The zero-order valence-corrected chi connectivity index (χ0v) is 13.7. The van der Waals surface area contributed by atoms with E-state index in [2.05, 4.69) is 13.0 Å². The first-order valence-electron chi connectivity index (χ1n) is 6.95. The van der Waals surface area contributed by atoms with Gasteiger partial charge in [-0.1, -0.05) is 54.4 Å². The molecule has 2 aromatic rings. The van der Waals surface area contributed by atoms with Crippen LogP contribution < -0.4 is 10.5 Å². The van der Waals surface area contributed by atoms with Crippen LogP contribution in [0.15, 0.2) is 42.5 Å². The summed E-state index contributed by atoms with van der Waals surface area (Å²) in [6, 6.07) is 13.3. The van der Waals surface area contributed by atoms with Crippen LogP contribution in [0.4, 0.5) is 0 Å². The molecule has 0 aliphatic rings. The summed E-state index contributed by atoms with van der Waals surface area (Å²) in [6.07, 6.45) is 0.605. The van der Waals surface area contributed by atoms with E-state index in [-0.39, 0.29) is 12.1 Å². The molecule has 2 rings (SSSR count). The van der Waals surface area contributed by atoms with Crippen molar-refractivity contribution in [2.24, 2.45) is 5.73 Å². The number of halogens is 2. The van der Waals surface area contributed by atoms with Crippen molar-refractivity contribution in [3.63, 3.8) is 0 Å². The van der Waals surface area contributed by atoms with Crippen molar-refractivity contribution in [1.82, 2.24) is 0 Å². The molecule has 0 aromatic heterocycles. The first-order chi connectivity index (χ1) is 10.0. The largest absolute Gasteiger partial charge is 0.484 e. The van der Waals surface area contributed by atoms with Gasteiger partial charge in [0.25, 0.3) is 0 Å². The molecular formula is C17H19Cl2NO. The van der Waals surface area contributed by atoms with Gasteiger partial charge < -0.3 is 10.5 Å². The van der Waals surface area contributed by atoms with Gasteiger partial charge in [0.05, 0.1) is 10.0 Å². The van der Waals surface area contributed by atoms with Crippen LogP contribution in [-0.2, 0) is 0 Å². The smallest absolute Gasteiger partial charge is 0.139 e. The maximum atomic E-state index is 6.25. The number of benzene rings is 2. The quantitative estimate of drug-likeness (QED) is 0.824. The molecular weight excluding hydrogens is 305 g/mol. The lowest BCUT2D eigenvalue weighted by atomic mass is 9.97. The first kappa shape index (κ1) is 16.2. The molecule has 2 N–H and O–H groups in total. The molecule has 0 bridgehead atoms. The molecule has 0 fully saturated rings. The Morgan fingerprint density at radius 1 is 1.10 bits per heavy atom. The van der Waals surface area contributed by atoms with Crippen molar-refractivity contribution in [1.29, 1.82) is 0 Å². The molecule has 0 aliphatic carbocycles. The Morgan fingerprint density at radius 3 is 2.43 bits per heavy atom. The van der Waals surface area contributed by atoms with E-state index in [4.69, 9.17) is 33.7 Å². The van der Waals surface area contributed by atoms with E-state index in [1.807, 2.05) is 31.2 Å². The molecule has 21 heavy (non-hydrogen) atoms. The summed E-state index contributed by atoms with van der Waals surface area (Å²) < 4.78 is 6.10. The van der Waals surface area contributed by atoms with Gasteiger partial charge in [0.15, 0.2) is 0 Å². The van der Waals surface area contributed by atoms with Crippen LogP contribution in [0.5, 0.6) is 5.75 Å². The molecule has 0 amide bonds. The van der Waals surface area contributed by atoms with E-state index in [9.17, 15) is 0 Å². The summed E-state index contributed by atoms with van der Waals surface area (Å²) in [4.78, 5) is 0. The average Bonchev–Trinajstić information content (AvgIpc) is 2.48. The van der Waals surface area contributed by atoms with Gasteiger partial charge in [-0.2, -0.15) is 0 Å². The van der Waals surface area contributed by atoms with Gasteiger partial charge in [0.2, 0.25) is 0 Å². The molecule has 112 valence electrons. The minimum atomic E-state index is -0.214. The summed E-state index contributed by atoms with van der Waals surface area (Å²) in [5.41, 5.74) is 8.50. The van der Waals surface area contributed by atoms with Crippen molar-refractivity contribution in [3.8, 4) is 5.75 Å². The number of ether oxygens (including phenoxy) is 1. The third-order valence-corrected chi connectivity index (χ3v) is 4.25. The van der Waals surface area contributed by atoms with Gasteiger partial charge in [-0.3, -0.25) is 0 Å². The summed E-state index contributed by atoms with van der Waals surface area (Å²) in [6.45, 7) is 4.11. The van der Waals surface area contributed by atoms with Gasteiger partial charge in [-0.25, -0.2) is 0 Å². The normalized spacial score (nSPS) is 13.8. The third kappa shape index (κ3) is 3.91. The van der Waals surface area contributed by atoms with E-state index in [1.165, 1.54) is 0 Å². The molecule has 0 saturated heterocycles. The monoisotopic (exact) mass is 323 g/mol. The number of rotatable bonds is 5. The predicted molar refractivity (Wildman–Crippen MR) is 89.3 cm³/mol. The van der Waals surface area contributed by atoms with Crippen LogP contribution in [0.1, 0.15) is 30.6 Å². The molecule has 0 spiro atoms. The van der Waals surface area contributed by atoms with Crippen molar-refractivity contribution in [2.45, 2.75) is 32.4 Å². The molecule has 0 heterocycles. The first-order valence-corrected chi connectivity index (χ1v) is 7.71. The Morgan fingerprint density at radius 2 is 1.81 bits per heavy atom. The summed E-state index contributed by atoms with van der Waals surface area (Å²) in [5.74, 6) is 0.668. The SMILES string of the molecule is CCC(N)C(Oc1ccc(Cl)c(Cl)c1)c1ccccc1C. The number of nitrogens with two attached hydrogens (primary N) is 1. The Kier molecular flexibility index (Phi) is 5.51. The summed E-state index contributed by atoms with van der Waals surface area (Å²) >= 11 is 12.0. The molecule has 2 nitrogen and oxygen atoms in total. The Labute approximate surface area is 135 Å². The van der Waals surface area contributed by atoms with E-state index >= 15 is 0 Å². The number of hydrogen-bond donors (Lipinski definition) is 1. The zero-order chi connectivity index (χ0) is 15.4. The standard InChI is InChI=1S/C17H19Cl2NO/c1-3-16(20)17(13-7-5-4-6-11(13)2)21-12-8-9-14(18)15(19)10-12/h4-10,16-17H,3,20H2,1-2H3. The Bertz CT molecular complexity index is 615. The highest BCUT2D eigenvalue weighted by Crippen LogP contribution is 2.31. The molecule has 4 heteroatoms. The van der Waals surface area contributed by atoms with Gasteiger partial charge in [0.1, 0.15) is 11.9 Å². The number of aryl methyl sites for hydroxylation is 1. The molecule has 0 radical (unpaired) electrons. The predicted octanol–water partition coefficient (Wildman–Crippen LogP) is 5.16. The minimum absolute atomic E-state index is 0.0967. The lowest BCUT2D eigenvalue weighted by Gasteiger charge is -2.26. The Hall–Kier alpha value is -1.22. The molecule has 2 atom stereocenters. The Balaban J connectivity index is 2.33. The van der Waals surface area contributed by atoms with Gasteiger partial charge in [0, 0.05) is 12.1 Å². The van der Waals surface area contributed by atoms with Crippen LogP contribution in [0.3, 0.4) is 0 Å². The second-order valence-electron chi connectivity index (χ2n) is 5.04. The molecule has 0 saturated carbocycles. The second kappa shape index (κ2) is 7.17. The van der Waals surface area contributed by atoms with Crippen molar-refractivity contribution >= 4 is 23.2 Å². The zero-order valence-electron chi connectivity index (χ0n) is 12.1. The van der Waals surface area contributed by atoms with Crippen LogP contribution in [-0.4, -0.2) is 6.04 Å². The van der Waals surface area contributed by atoms with E-state index < -0.39 is 0 Å². The highest BCUT2D eigenvalue weighted by atomic mass is 35.5. The van der Waals surface area contributed by atoms with Crippen LogP contribution in [0.2, 0.25) is 10.0 Å². The van der Waals surface area contributed by atoms with E-state index in [0.29, 0.717) is 15.8 Å². The van der Waals surface area contributed by atoms with Gasteiger partial charge in [-0.15, -0.1) is 0 Å². The fourth-order valence-electron chi connectivity index (χ4n) is 2.20. The average molecular weight is 324 g/mol. The molecule has 0 aliphatic heterocycles. The minimum Gasteiger partial charge on any atom is -0.484 e. The van der Waals surface area contributed by atoms with Gasteiger partial charge in [-0.05, 0) is 36.6 Å². The fraction of sp³-hybridized carbons (Fsp3) is 0.294. The van der Waals surface area contributed by atoms with Crippen LogP contribution in [0.25, 0.3) is 0 Å². The highest BCUT2D eigenvalue weighted by molar-refractivity contribution is 6.42. The third-order valence-electron chi connectivity index (χ3n) is 3.51. The van der Waals surface area contributed by atoms with Crippen LogP contribution in [0, 0.1) is 6.92 Å². The summed E-state index contributed by atoms with van der Waals surface area (Å²) in [7, 11) is 0. The van der Waals surface area contributed by atoms with Gasteiger partial charge >= 0.3 is 0 Å². The number of hydrogen-bond acceptors (Lipinski definition) is 2. The highest BCUT2D eigenvalue weighted by Gasteiger charge is 2.22.